The highest BCUT2D eigenvalue weighted by atomic mass is 16.2. The number of hydrogen-bond donors (Lipinski definition) is 2. The summed E-state index contributed by atoms with van der Waals surface area (Å²) in [5.41, 5.74) is 0. The van der Waals surface area contributed by atoms with Crippen LogP contribution in [0.1, 0.15) is 13.8 Å². The highest BCUT2D eigenvalue weighted by Gasteiger charge is 2.25. The topological polar surface area (TPSA) is 154 Å². The van der Waals surface area contributed by atoms with Gasteiger partial charge in [-0.05, 0) is 0 Å². The van der Waals surface area contributed by atoms with Gasteiger partial charge in [0.15, 0.2) is 0 Å². The van der Waals surface area contributed by atoms with Crippen LogP contribution in [-0.4, -0.2) is 108 Å². The van der Waals surface area contributed by atoms with Gasteiger partial charge in [0.2, 0.25) is 17.7 Å². The van der Waals surface area contributed by atoms with Crippen LogP contribution in [-0.2, 0) is 24.0 Å². The van der Waals surface area contributed by atoms with Gasteiger partial charge in [-0.15, -0.1) is 0 Å². The maximum absolute atomic E-state index is 12.1. The van der Waals surface area contributed by atoms with E-state index in [1.807, 2.05) is 13.8 Å². The molecule has 1 heterocycles. The maximum atomic E-state index is 12.1. The highest BCUT2D eigenvalue weighted by Crippen LogP contribution is 1.98. The molecule has 0 bridgehead atoms. The first-order chi connectivity index (χ1) is 12.5. The molecule has 1 aliphatic heterocycles. The van der Waals surface area contributed by atoms with E-state index >= 15 is 0 Å². The van der Waals surface area contributed by atoms with Crippen LogP contribution in [0.4, 0.5) is 0 Å². The average molecular weight is 387 g/mol. The average Bonchev–Trinajstić information content (AvgIpc) is 2.61. The lowest BCUT2D eigenvalue weighted by Gasteiger charge is -2.24. The number of carbonyl (C=O) groups is 5. The predicted molar refractivity (Wildman–Crippen MR) is 96.1 cm³/mol. The number of likely N-dealkylation sites (N-methyl/N-ethyl adjacent to an activating group) is 3. The Kier molecular flexibility index (Phi) is 9.96. The maximum Gasteiger partial charge on any atom is 0.258 e. The van der Waals surface area contributed by atoms with Gasteiger partial charge in [0.05, 0.1) is 13.1 Å². The van der Waals surface area contributed by atoms with Crippen molar-refractivity contribution in [3.05, 3.63) is 0 Å². The molecule has 1 rings (SSSR count). The van der Waals surface area contributed by atoms with Crippen molar-refractivity contribution < 1.29 is 24.0 Å². The minimum absolute atomic E-state index is 0.267. The Morgan fingerprint density at radius 1 is 0.519 bits per heavy atom. The number of hydrogen-bond acceptors (Lipinski definition) is 7. The molecule has 0 radical (unpaired) electrons. The molecule has 4 N–H and O–H groups in total. The van der Waals surface area contributed by atoms with Crippen LogP contribution >= 0.6 is 0 Å². The smallest absolute Gasteiger partial charge is 0.258 e. The first-order valence-corrected chi connectivity index (χ1v) is 8.35. The first-order valence-electron chi connectivity index (χ1n) is 8.35. The van der Waals surface area contributed by atoms with Crippen LogP contribution < -0.4 is 11.7 Å². The van der Waals surface area contributed by atoms with Crippen molar-refractivity contribution in [1.29, 1.82) is 0 Å². The summed E-state index contributed by atoms with van der Waals surface area (Å²) < 4.78 is 0. The predicted octanol–water partition coefficient (Wildman–Crippen LogP) is -3.19. The molecule has 27 heavy (non-hydrogen) atoms. The quantitative estimate of drug-likeness (QED) is 0.328. The molecule has 0 unspecified atom stereocenters. The normalized spacial score (nSPS) is 18.9. The van der Waals surface area contributed by atoms with Crippen LogP contribution in [0.3, 0.4) is 0 Å². The fraction of sp³-hybridized carbons (Fsp3) is 0.667. The summed E-state index contributed by atoms with van der Waals surface area (Å²) in [5, 5.41) is 1.24. The molecule has 0 spiro atoms. The second-order valence-electron chi connectivity index (χ2n) is 5.79. The zero-order valence-electron chi connectivity index (χ0n) is 16.5. The summed E-state index contributed by atoms with van der Waals surface area (Å²) in [5.74, 6) is 8.03. The van der Waals surface area contributed by atoms with Crippen molar-refractivity contribution in [2.45, 2.75) is 13.8 Å². The summed E-state index contributed by atoms with van der Waals surface area (Å²) in [6.07, 6.45) is 0. The molecule has 0 aromatic rings. The lowest BCUT2D eigenvalue weighted by molar-refractivity contribution is -0.145. The van der Waals surface area contributed by atoms with E-state index in [9.17, 15) is 24.0 Å². The molecule has 12 nitrogen and oxygen atoms in total. The third kappa shape index (κ3) is 7.58. The van der Waals surface area contributed by atoms with Crippen molar-refractivity contribution in [1.82, 2.24) is 24.7 Å². The van der Waals surface area contributed by atoms with Crippen LogP contribution in [0.15, 0.2) is 0 Å². The minimum atomic E-state index is -0.759. The number of nitrogens with zero attached hydrogens (tertiary/aromatic N) is 5. The lowest BCUT2D eigenvalue weighted by Crippen LogP contribution is -2.53. The molecule has 0 saturated carbocycles. The highest BCUT2D eigenvalue weighted by molar-refractivity contribution is 5.92. The Morgan fingerprint density at radius 3 is 1.11 bits per heavy atom. The number of carbonyl (C=O) groups excluding carboxylic acids is 5. The first kappa shape index (κ1) is 24.3. The van der Waals surface area contributed by atoms with Gasteiger partial charge in [0.25, 0.3) is 11.8 Å². The zero-order chi connectivity index (χ0) is 21.3. The monoisotopic (exact) mass is 387 g/mol. The van der Waals surface area contributed by atoms with Gasteiger partial charge in [0.1, 0.15) is 19.6 Å². The number of nitrogens with two attached hydrogens (primary N) is 2. The van der Waals surface area contributed by atoms with Crippen molar-refractivity contribution in [2.75, 3.05) is 53.9 Å². The van der Waals surface area contributed by atoms with E-state index in [1.165, 1.54) is 21.1 Å². The van der Waals surface area contributed by atoms with Gasteiger partial charge in [-0.3, -0.25) is 34.0 Å². The van der Waals surface area contributed by atoms with Crippen molar-refractivity contribution in [3.63, 3.8) is 0 Å². The Labute approximate surface area is 158 Å². The summed E-state index contributed by atoms with van der Waals surface area (Å²) in [7, 11) is 4.15. The van der Waals surface area contributed by atoms with E-state index in [0.29, 0.717) is 10.0 Å². The Bertz CT molecular complexity index is 467. The molecule has 1 aliphatic rings. The third-order valence-electron chi connectivity index (χ3n) is 3.65. The third-order valence-corrected chi connectivity index (χ3v) is 3.65. The fourth-order valence-electron chi connectivity index (χ4n) is 1.88. The second-order valence-corrected chi connectivity index (χ2v) is 5.79. The Balaban J connectivity index is 0.00000326. The number of hydrazine groups is 2. The Hall–Kier alpha value is -2.73. The lowest BCUT2D eigenvalue weighted by atomic mass is 10.4. The summed E-state index contributed by atoms with van der Waals surface area (Å²) in [6, 6.07) is 0. The summed E-state index contributed by atoms with van der Waals surface area (Å²) >= 11 is 0. The summed E-state index contributed by atoms with van der Waals surface area (Å²) in [6.45, 7) is 2.06. The Morgan fingerprint density at radius 2 is 0.741 bits per heavy atom. The molecule has 0 aromatic heterocycles. The van der Waals surface area contributed by atoms with Gasteiger partial charge >= 0.3 is 0 Å². The van der Waals surface area contributed by atoms with Gasteiger partial charge in [0, 0.05) is 21.1 Å². The second kappa shape index (κ2) is 11.1. The van der Waals surface area contributed by atoms with Crippen LogP contribution in [0.25, 0.3) is 0 Å². The molecule has 0 atom stereocenters. The van der Waals surface area contributed by atoms with E-state index in [1.54, 1.807) is 0 Å². The molecule has 154 valence electrons. The largest absolute Gasteiger partial charge is 0.335 e. The minimum Gasteiger partial charge on any atom is -0.335 e. The van der Waals surface area contributed by atoms with E-state index < -0.39 is 42.6 Å². The molecule has 12 heteroatoms. The molecule has 1 saturated heterocycles. The fourth-order valence-corrected chi connectivity index (χ4v) is 1.88. The van der Waals surface area contributed by atoms with Gasteiger partial charge < -0.3 is 14.7 Å². The van der Waals surface area contributed by atoms with E-state index in [-0.39, 0.29) is 19.6 Å². The number of rotatable bonds is 0. The van der Waals surface area contributed by atoms with E-state index in [2.05, 4.69) is 0 Å². The standard InChI is InChI=1S/C13H23N7O5.C2H6/c1-16-4-10(22)18(3)6-12(24)20(15)8-13(25)19(14)7-11(23)17(2)5-9(16)21;1-2/h4-8,14-15H2,1-3H3;1-2H3. The van der Waals surface area contributed by atoms with Crippen LogP contribution in [0.2, 0.25) is 0 Å². The number of amides is 5. The molecular weight excluding hydrogens is 358 g/mol. The molecule has 5 amide bonds. The van der Waals surface area contributed by atoms with Crippen molar-refractivity contribution >= 4 is 29.5 Å². The van der Waals surface area contributed by atoms with Crippen LogP contribution in [0, 0.1) is 0 Å². The molecular formula is C15H29N7O5. The van der Waals surface area contributed by atoms with E-state index in [0.717, 1.165) is 14.7 Å². The van der Waals surface area contributed by atoms with Gasteiger partial charge in [-0.1, -0.05) is 13.8 Å². The van der Waals surface area contributed by atoms with Crippen molar-refractivity contribution in [3.8, 4) is 0 Å². The zero-order valence-corrected chi connectivity index (χ0v) is 16.5. The van der Waals surface area contributed by atoms with Crippen LogP contribution in [0.5, 0.6) is 0 Å². The van der Waals surface area contributed by atoms with Gasteiger partial charge in [-0.2, -0.15) is 0 Å². The van der Waals surface area contributed by atoms with E-state index in [4.69, 9.17) is 11.7 Å². The summed E-state index contributed by atoms with van der Waals surface area (Å²) in [4.78, 5) is 63.4. The molecule has 1 fully saturated rings. The SMILES string of the molecule is CC.CN1CC(=O)N(C)CC(=O)N(N)CC(=O)N(N)CC(=O)N(C)CC1=O. The van der Waals surface area contributed by atoms with Crippen molar-refractivity contribution in [2.24, 2.45) is 11.7 Å². The molecule has 0 aliphatic carbocycles. The van der Waals surface area contributed by atoms with Gasteiger partial charge in [-0.25, -0.2) is 11.7 Å². The molecule has 0 aromatic carbocycles.